The molecule has 7 heteroatoms. The second kappa shape index (κ2) is 7.78. The Bertz CT molecular complexity index is 935. The van der Waals surface area contributed by atoms with E-state index in [-0.39, 0.29) is 5.56 Å². The number of hydrogen-bond acceptors (Lipinski definition) is 5. The van der Waals surface area contributed by atoms with Crippen molar-refractivity contribution in [2.75, 3.05) is 13.1 Å². The normalized spacial score (nSPS) is 18.2. The second-order valence-electron chi connectivity index (χ2n) is 7.15. The Balaban J connectivity index is 1.52. The van der Waals surface area contributed by atoms with E-state index in [0.717, 1.165) is 49.5 Å². The third-order valence-corrected chi connectivity index (χ3v) is 6.11. The number of benzene rings is 1. The molecule has 0 aliphatic carbocycles. The summed E-state index contributed by atoms with van der Waals surface area (Å²) < 4.78 is 2.20. The number of rotatable bonds is 6. The molecule has 3 heterocycles. The molecule has 1 fully saturated rings. The molecule has 142 valence electrons. The van der Waals surface area contributed by atoms with Crippen molar-refractivity contribution in [1.82, 2.24) is 19.4 Å². The molecule has 0 bridgehead atoms. The van der Waals surface area contributed by atoms with Crippen molar-refractivity contribution in [3.8, 4) is 0 Å². The zero-order valence-electron chi connectivity index (χ0n) is 15.5. The van der Waals surface area contributed by atoms with Gasteiger partial charge in [0, 0.05) is 31.1 Å². The van der Waals surface area contributed by atoms with Crippen molar-refractivity contribution < 1.29 is 9.90 Å². The molecule has 0 spiro atoms. The molecule has 1 saturated heterocycles. The van der Waals surface area contributed by atoms with E-state index in [1.807, 2.05) is 17.6 Å². The zero-order valence-corrected chi connectivity index (χ0v) is 16.3. The predicted molar refractivity (Wildman–Crippen MR) is 106 cm³/mol. The van der Waals surface area contributed by atoms with E-state index in [4.69, 9.17) is 4.98 Å². The van der Waals surface area contributed by atoms with Crippen LogP contribution in [0.3, 0.4) is 0 Å². The minimum absolute atomic E-state index is 0.288. The van der Waals surface area contributed by atoms with Crippen LogP contribution in [0.15, 0.2) is 29.8 Å². The number of nitrogens with zero attached hydrogens (tertiary/aromatic N) is 4. The zero-order chi connectivity index (χ0) is 18.8. The number of carboxylic acid groups (broad SMARTS) is 1. The smallest absolute Gasteiger partial charge is 0.335 e. The summed E-state index contributed by atoms with van der Waals surface area (Å²) in [6, 6.07) is 5.21. The number of aromatic nitrogens is 3. The third kappa shape index (κ3) is 3.89. The van der Waals surface area contributed by atoms with Crippen LogP contribution in [-0.2, 0) is 19.5 Å². The van der Waals surface area contributed by atoms with Gasteiger partial charge >= 0.3 is 5.97 Å². The molecule has 27 heavy (non-hydrogen) atoms. The van der Waals surface area contributed by atoms with Crippen LogP contribution in [0.4, 0.5) is 0 Å². The fourth-order valence-corrected chi connectivity index (χ4v) is 4.78. The average Bonchev–Trinajstić information content (AvgIpc) is 3.28. The summed E-state index contributed by atoms with van der Waals surface area (Å²) >= 11 is 1.74. The van der Waals surface area contributed by atoms with Gasteiger partial charge in [0.25, 0.3) is 0 Å². The number of carboxylic acids is 1. The molecule has 4 rings (SSSR count). The topological polar surface area (TPSA) is 71.2 Å². The second-order valence-corrected chi connectivity index (χ2v) is 8.13. The first-order valence-electron chi connectivity index (χ1n) is 9.47. The first-order chi connectivity index (χ1) is 13.1. The number of imidazole rings is 1. The van der Waals surface area contributed by atoms with Crippen LogP contribution >= 0.6 is 11.3 Å². The maximum absolute atomic E-state index is 11.2. The molecule has 6 nitrogen and oxygen atoms in total. The summed E-state index contributed by atoms with van der Waals surface area (Å²) in [5, 5.41) is 12.5. The van der Waals surface area contributed by atoms with Gasteiger partial charge in [-0.2, -0.15) is 0 Å². The largest absolute Gasteiger partial charge is 0.478 e. The number of aromatic carboxylic acids is 1. The minimum Gasteiger partial charge on any atom is -0.478 e. The van der Waals surface area contributed by atoms with Crippen molar-refractivity contribution in [3.05, 3.63) is 46.2 Å². The predicted octanol–water partition coefficient (Wildman–Crippen LogP) is 3.67. The molecular weight excluding hydrogens is 360 g/mol. The maximum Gasteiger partial charge on any atom is 0.335 e. The van der Waals surface area contributed by atoms with Crippen LogP contribution in [0, 0.1) is 5.92 Å². The van der Waals surface area contributed by atoms with Crippen LogP contribution in [0.2, 0.25) is 0 Å². The van der Waals surface area contributed by atoms with Gasteiger partial charge in [-0.15, -0.1) is 11.3 Å². The summed E-state index contributed by atoms with van der Waals surface area (Å²) in [6.45, 7) is 5.89. The van der Waals surface area contributed by atoms with E-state index in [1.54, 1.807) is 23.5 Å². The Morgan fingerprint density at radius 3 is 3.04 bits per heavy atom. The molecule has 1 N–H and O–H groups in total. The van der Waals surface area contributed by atoms with E-state index in [1.165, 1.54) is 17.8 Å². The van der Waals surface area contributed by atoms with Gasteiger partial charge in [-0.3, -0.25) is 4.90 Å². The van der Waals surface area contributed by atoms with E-state index in [9.17, 15) is 9.90 Å². The molecular formula is C20H24N4O2S. The van der Waals surface area contributed by atoms with E-state index >= 15 is 0 Å². The molecule has 0 radical (unpaired) electrons. The lowest BCUT2D eigenvalue weighted by Gasteiger charge is -2.32. The van der Waals surface area contributed by atoms with Gasteiger partial charge in [-0.1, -0.05) is 0 Å². The quantitative estimate of drug-likeness (QED) is 0.702. The Morgan fingerprint density at radius 1 is 1.41 bits per heavy atom. The number of hydrogen-bond donors (Lipinski definition) is 1. The Hall–Kier alpha value is -2.25. The van der Waals surface area contributed by atoms with Crippen LogP contribution in [-0.4, -0.2) is 43.6 Å². The maximum atomic E-state index is 11.2. The third-order valence-electron chi connectivity index (χ3n) is 5.31. The molecule has 1 aromatic carbocycles. The molecule has 2 aromatic heterocycles. The number of thiazole rings is 1. The number of fused-ring (bicyclic) bond motifs is 1. The number of piperidine rings is 1. The first-order valence-corrected chi connectivity index (χ1v) is 10.3. The van der Waals surface area contributed by atoms with Crippen LogP contribution in [0.5, 0.6) is 0 Å². The van der Waals surface area contributed by atoms with Crippen molar-refractivity contribution >= 4 is 28.3 Å². The Labute approximate surface area is 162 Å². The fourth-order valence-electron chi connectivity index (χ4n) is 4.05. The average molecular weight is 385 g/mol. The fraction of sp³-hybridized carbons (Fsp3) is 0.450. The van der Waals surface area contributed by atoms with Crippen LogP contribution < -0.4 is 0 Å². The van der Waals surface area contributed by atoms with Gasteiger partial charge in [0.15, 0.2) is 0 Å². The number of likely N-dealkylation sites (tertiary alicyclic amines) is 1. The lowest BCUT2D eigenvalue weighted by atomic mass is 9.95. The Morgan fingerprint density at radius 2 is 2.30 bits per heavy atom. The monoisotopic (exact) mass is 384 g/mol. The lowest BCUT2D eigenvalue weighted by Crippen LogP contribution is -2.36. The molecule has 0 amide bonds. The van der Waals surface area contributed by atoms with Gasteiger partial charge in [-0.25, -0.2) is 14.8 Å². The standard InChI is InChI=1S/C20H24N4O2S/c1-2-24-17-6-5-15(20(25)26)11-16(17)22-18(24)13-23-8-3-4-14(12-23)10-19-21-7-9-27-19/h5-7,9,11,14H,2-4,8,10,12-13H2,1H3,(H,25,26). The molecule has 1 unspecified atom stereocenters. The molecule has 3 aromatic rings. The van der Waals surface area contributed by atoms with E-state index in [0.29, 0.717) is 5.92 Å². The molecule has 1 aliphatic rings. The summed E-state index contributed by atoms with van der Waals surface area (Å²) in [7, 11) is 0. The van der Waals surface area contributed by atoms with E-state index in [2.05, 4.69) is 21.4 Å². The number of carbonyl (C=O) groups is 1. The summed E-state index contributed by atoms with van der Waals surface area (Å²) in [6.07, 6.45) is 5.39. The van der Waals surface area contributed by atoms with Crippen LogP contribution in [0.1, 0.15) is 41.0 Å². The minimum atomic E-state index is -0.912. The summed E-state index contributed by atoms with van der Waals surface area (Å²) in [5.41, 5.74) is 2.06. The van der Waals surface area contributed by atoms with Crippen molar-refractivity contribution in [3.63, 3.8) is 0 Å². The van der Waals surface area contributed by atoms with Gasteiger partial charge in [-0.05, 0) is 50.4 Å². The Kier molecular flexibility index (Phi) is 5.22. The van der Waals surface area contributed by atoms with Crippen molar-refractivity contribution in [1.29, 1.82) is 0 Å². The van der Waals surface area contributed by atoms with Crippen molar-refractivity contribution in [2.45, 2.75) is 39.3 Å². The highest BCUT2D eigenvalue weighted by Crippen LogP contribution is 2.24. The van der Waals surface area contributed by atoms with Crippen LogP contribution in [0.25, 0.3) is 11.0 Å². The summed E-state index contributed by atoms with van der Waals surface area (Å²) in [5.74, 6) is 0.749. The highest BCUT2D eigenvalue weighted by atomic mass is 32.1. The van der Waals surface area contributed by atoms with Crippen molar-refractivity contribution in [2.24, 2.45) is 5.92 Å². The van der Waals surface area contributed by atoms with Gasteiger partial charge < -0.3 is 9.67 Å². The van der Waals surface area contributed by atoms with Gasteiger partial charge in [0.05, 0.1) is 28.1 Å². The number of aryl methyl sites for hydroxylation is 1. The summed E-state index contributed by atoms with van der Waals surface area (Å²) in [4.78, 5) is 22.9. The highest BCUT2D eigenvalue weighted by molar-refractivity contribution is 7.09. The first kappa shape index (κ1) is 18.1. The highest BCUT2D eigenvalue weighted by Gasteiger charge is 2.23. The lowest BCUT2D eigenvalue weighted by molar-refractivity contribution is 0.0697. The molecule has 1 aliphatic heterocycles. The SMILES string of the molecule is CCn1c(CN2CCCC(Cc3nccs3)C2)nc2cc(C(=O)O)ccc21. The van der Waals surface area contributed by atoms with Gasteiger partial charge in [0.1, 0.15) is 5.82 Å². The molecule has 1 atom stereocenters. The van der Waals surface area contributed by atoms with E-state index < -0.39 is 5.97 Å². The van der Waals surface area contributed by atoms with Gasteiger partial charge in [0.2, 0.25) is 0 Å². The molecule has 0 saturated carbocycles.